The third kappa shape index (κ3) is 4.52. The number of likely N-dealkylation sites (N-methyl/N-ethyl adjacent to an activating group) is 1. The first-order valence-corrected chi connectivity index (χ1v) is 6.62. The van der Waals surface area contributed by atoms with Crippen LogP contribution in [-0.4, -0.2) is 37.1 Å². The molecule has 0 radical (unpaired) electrons. The predicted molar refractivity (Wildman–Crippen MR) is 67.2 cm³/mol. The minimum Gasteiger partial charge on any atom is -0.313 e. The van der Waals surface area contributed by atoms with Crippen LogP contribution < -0.4 is 5.32 Å². The fourth-order valence-corrected chi connectivity index (χ4v) is 2.33. The molecule has 0 aromatic heterocycles. The van der Waals surface area contributed by atoms with Crippen LogP contribution in [-0.2, 0) is 0 Å². The molecular weight excluding hydrogens is 184 g/mol. The van der Waals surface area contributed by atoms with Crippen LogP contribution in [0.1, 0.15) is 46.5 Å². The maximum absolute atomic E-state index is 3.64. The van der Waals surface area contributed by atoms with E-state index in [9.17, 15) is 0 Å². The van der Waals surface area contributed by atoms with Gasteiger partial charge in [-0.15, -0.1) is 0 Å². The predicted octanol–water partition coefficient (Wildman–Crippen LogP) is 2.49. The standard InChI is InChI=1S/C13H28N2/c1-5-13(6-2)15(4)10-9-14-11(3)12-7-8-12/h11-14H,5-10H2,1-4H3. The fourth-order valence-electron chi connectivity index (χ4n) is 2.33. The monoisotopic (exact) mass is 212 g/mol. The average Bonchev–Trinajstić information content (AvgIpc) is 3.02. The molecule has 2 heteroatoms. The zero-order valence-electron chi connectivity index (χ0n) is 10.9. The largest absolute Gasteiger partial charge is 0.313 e. The lowest BCUT2D eigenvalue weighted by Crippen LogP contribution is -2.39. The quantitative estimate of drug-likeness (QED) is 0.665. The van der Waals surface area contributed by atoms with Gasteiger partial charge in [0, 0.05) is 25.2 Å². The number of hydrogen-bond donors (Lipinski definition) is 1. The summed E-state index contributed by atoms with van der Waals surface area (Å²) in [5.74, 6) is 0.975. The summed E-state index contributed by atoms with van der Waals surface area (Å²) in [4.78, 5) is 2.49. The van der Waals surface area contributed by atoms with Gasteiger partial charge in [0.05, 0.1) is 0 Å². The molecule has 1 N–H and O–H groups in total. The summed E-state index contributed by atoms with van der Waals surface area (Å²) < 4.78 is 0. The Kier molecular flexibility index (Phi) is 5.62. The minimum atomic E-state index is 0.736. The van der Waals surface area contributed by atoms with Gasteiger partial charge in [-0.2, -0.15) is 0 Å². The van der Waals surface area contributed by atoms with Gasteiger partial charge in [0.15, 0.2) is 0 Å². The lowest BCUT2D eigenvalue weighted by Gasteiger charge is -2.26. The molecule has 0 heterocycles. The summed E-state index contributed by atoms with van der Waals surface area (Å²) in [7, 11) is 2.25. The minimum absolute atomic E-state index is 0.736. The second kappa shape index (κ2) is 6.49. The third-order valence-electron chi connectivity index (χ3n) is 3.83. The SMILES string of the molecule is CCC(CC)N(C)CCNC(C)C1CC1. The van der Waals surface area contributed by atoms with Crippen molar-refractivity contribution in [3.05, 3.63) is 0 Å². The Labute approximate surface area is 95.4 Å². The topological polar surface area (TPSA) is 15.3 Å². The van der Waals surface area contributed by atoms with E-state index in [0.29, 0.717) is 0 Å². The van der Waals surface area contributed by atoms with Gasteiger partial charge in [-0.1, -0.05) is 13.8 Å². The molecule has 0 bridgehead atoms. The second-order valence-electron chi connectivity index (χ2n) is 5.03. The van der Waals surface area contributed by atoms with Crippen LogP contribution in [0.5, 0.6) is 0 Å². The smallest absolute Gasteiger partial charge is 0.0107 e. The molecule has 0 aromatic rings. The Balaban J connectivity index is 2.07. The van der Waals surface area contributed by atoms with Crippen LogP contribution >= 0.6 is 0 Å². The Morgan fingerprint density at radius 1 is 1.27 bits per heavy atom. The molecule has 1 atom stereocenters. The molecule has 0 aliphatic heterocycles. The Morgan fingerprint density at radius 2 is 1.87 bits per heavy atom. The number of hydrogen-bond acceptors (Lipinski definition) is 2. The van der Waals surface area contributed by atoms with Gasteiger partial charge in [-0.25, -0.2) is 0 Å². The molecular formula is C13H28N2. The van der Waals surface area contributed by atoms with Crippen LogP contribution in [0.3, 0.4) is 0 Å². The van der Waals surface area contributed by atoms with Crippen molar-refractivity contribution < 1.29 is 0 Å². The molecule has 1 unspecified atom stereocenters. The molecule has 15 heavy (non-hydrogen) atoms. The summed E-state index contributed by atoms with van der Waals surface area (Å²) >= 11 is 0. The van der Waals surface area contributed by atoms with Gasteiger partial charge >= 0.3 is 0 Å². The summed E-state index contributed by atoms with van der Waals surface area (Å²) in [5.41, 5.74) is 0. The van der Waals surface area contributed by atoms with Crippen molar-refractivity contribution in [1.82, 2.24) is 10.2 Å². The molecule has 0 saturated heterocycles. The fraction of sp³-hybridized carbons (Fsp3) is 1.00. The van der Waals surface area contributed by atoms with Gasteiger partial charge in [-0.3, -0.25) is 0 Å². The van der Waals surface area contributed by atoms with E-state index in [1.54, 1.807) is 0 Å². The first-order valence-electron chi connectivity index (χ1n) is 6.62. The normalized spacial score (nSPS) is 18.8. The lowest BCUT2D eigenvalue weighted by molar-refractivity contribution is 0.226. The summed E-state index contributed by atoms with van der Waals surface area (Å²) in [5, 5.41) is 3.64. The van der Waals surface area contributed by atoms with Crippen LogP contribution in [0, 0.1) is 5.92 Å². The molecule has 1 aliphatic rings. The van der Waals surface area contributed by atoms with Crippen molar-refractivity contribution in [2.45, 2.75) is 58.5 Å². The Hall–Kier alpha value is -0.0800. The summed E-state index contributed by atoms with van der Waals surface area (Å²) in [6, 6.07) is 1.50. The van der Waals surface area contributed by atoms with E-state index in [1.807, 2.05) is 0 Å². The summed E-state index contributed by atoms with van der Waals surface area (Å²) in [6.45, 7) is 9.22. The number of nitrogens with one attached hydrogen (secondary N) is 1. The first kappa shape index (κ1) is 13.0. The summed E-state index contributed by atoms with van der Waals surface area (Å²) in [6.07, 6.45) is 5.42. The molecule has 1 rings (SSSR count). The molecule has 1 aliphatic carbocycles. The molecule has 0 spiro atoms. The van der Waals surface area contributed by atoms with Gasteiger partial charge < -0.3 is 10.2 Å². The van der Waals surface area contributed by atoms with Crippen molar-refractivity contribution in [1.29, 1.82) is 0 Å². The van der Waals surface area contributed by atoms with Crippen molar-refractivity contribution in [2.75, 3.05) is 20.1 Å². The van der Waals surface area contributed by atoms with E-state index < -0.39 is 0 Å². The highest BCUT2D eigenvalue weighted by atomic mass is 15.1. The second-order valence-corrected chi connectivity index (χ2v) is 5.03. The van der Waals surface area contributed by atoms with Crippen molar-refractivity contribution >= 4 is 0 Å². The van der Waals surface area contributed by atoms with E-state index in [2.05, 4.69) is 38.0 Å². The highest BCUT2D eigenvalue weighted by Crippen LogP contribution is 2.32. The van der Waals surface area contributed by atoms with Crippen molar-refractivity contribution in [3.63, 3.8) is 0 Å². The lowest BCUT2D eigenvalue weighted by atomic mass is 10.1. The van der Waals surface area contributed by atoms with Crippen LogP contribution in [0.4, 0.5) is 0 Å². The molecule has 1 fully saturated rings. The van der Waals surface area contributed by atoms with Gasteiger partial charge in [-0.05, 0) is 45.6 Å². The maximum Gasteiger partial charge on any atom is 0.0107 e. The van der Waals surface area contributed by atoms with Crippen LogP contribution in [0.2, 0.25) is 0 Å². The Bertz CT molecular complexity index is 162. The molecule has 2 nitrogen and oxygen atoms in total. The van der Waals surface area contributed by atoms with E-state index in [0.717, 1.165) is 24.5 Å². The number of rotatable bonds is 8. The van der Waals surface area contributed by atoms with E-state index >= 15 is 0 Å². The van der Waals surface area contributed by atoms with Gasteiger partial charge in [0.1, 0.15) is 0 Å². The van der Waals surface area contributed by atoms with Crippen LogP contribution in [0.25, 0.3) is 0 Å². The molecule has 1 saturated carbocycles. The molecule has 0 aromatic carbocycles. The molecule has 90 valence electrons. The van der Waals surface area contributed by atoms with Crippen molar-refractivity contribution in [3.8, 4) is 0 Å². The zero-order valence-corrected chi connectivity index (χ0v) is 10.9. The number of nitrogens with zero attached hydrogens (tertiary/aromatic N) is 1. The first-order chi connectivity index (χ1) is 7.19. The van der Waals surface area contributed by atoms with E-state index in [4.69, 9.17) is 0 Å². The van der Waals surface area contributed by atoms with Gasteiger partial charge in [0.2, 0.25) is 0 Å². The Morgan fingerprint density at radius 3 is 2.33 bits per heavy atom. The van der Waals surface area contributed by atoms with E-state index in [1.165, 1.54) is 32.2 Å². The van der Waals surface area contributed by atoms with Gasteiger partial charge in [0.25, 0.3) is 0 Å². The molecule has 0 amide bonds. The highest BCUT2D eigenvalue weighted by molar-refractivity contribution is 4.83. The van der Waals surface area contributed by atoms with Crippen molar-refractivity contribution in [2.24, 2.45) is 5.92 Å². The zero-order chi connectivity index (χ0) is 11.3. The highest BCUT2D eigenvalue weighted by Gasteiger charge is 2.27. The third-order valence-corrected chi connectivity index (χ3v) is 3.83. The average molecular weight is 212 g/mol. The van der Waals surface area contributed by atoms with Crippen LogP contribution in [0.15, 0.2) is 0 Å². The maximum atomic E-state index is 3.64. The van der Waals surface area contributed by atoms with E-state index in [-0.39, 0.29) is 0 Å².